The first-order valence-electron chi connectivity index (χ1n) is 8.22. The van der Waals surface area contributed by atoms with Crippen LogP contribution in [0.3, 0.4) is 0 Å². The van der Waals surface area contributed by atoms with Crippen LogP contribution in [0.15, 0.2) is 30.6 Å². The third kappa shape index (κ3) is 3.70. The zero-order valence-electron chi connectivity index (χ0n) is 14.9. The Bertz CT molecular complexity index is 959. The van der Waals surface area contributed by atoms with Crippen molar-refractivity contribution in [3.63, 3.8) is 0 Å². The molecule has 2 heterocycles. The average Bonchev–Trinajstić information content (AvgIpc) is 2.87. The van der Waals surface area contributed by atoms with E-state index in [1.807, 2.05) is 13.0 Å². The Balaban J connectivity index is 1.90. The van der Waals surface area contributed by atoms with Crippen molar-refractivity contribution in [3.8, 4) is 17.0 Å². The number of hydrogen-bond acceptors (Lipinski definition) is 6. The molecule has 1 aromatic carbocycles. The first kappa shape index (κ1) is 18.3. The van der Waals surface area contributed by atoms with Crippen molar-refractivity contribution in [1.82, 2.24) is 15.3 Å². The van der Waals surface area contributed by atoms with Crippen LogP contribution in [0.1, 0.15) is 29.4 Å². The topological polar surface area (TPSA) is 98.2 Å². The smallest absolute Gasteiger partial charge is 0.251 e. The Morgan fingerprint density at radius 3 is 2.73 bits per heavy atom. The Kier molecular flexibility index (Phi) is 4.70. The van der Waals surface area contributed by atoms with Gasteiger partial charge in [0.2, 0.25) is 5.88 Å². The number of amides is 1. The SMILES string of the molecule is COc1ncnc(C)c1-c1cccc(C(=O)N[C@@]2(C)CCS(=O)(=O)C2)c1. The number of hydrogen-bond donors (Lipinski definition) is 1. The second kappa shape index (κ2) is 6.68. The van der Waals surface area contributed by atoms with Gasteiger partial charge >= 0.3 is 0 Å². The Morgan fingerprint density at radius 2 is 2.08 bits per heavy atom. The molecule has 1 aliphatic heterocycles. The minimum absolute atomic E-state index is 0.0368. The molecule has 26 heavy (non-hydrogen) atoms. The second-order valence-electron chi connectivity index (χ2n) is 6.78. The number of aromatic nitrogens is 2. The average molecular weight is 375 g/mol. The Labute approximate surface area is 152 Å². The lowest BCUT2D eigenvalue weighted by Crippen LogP contribution is -2.46. The highest BCUT2D eigenvalue weighted by Crippen LogP contribution is 2.31. The van der Waals surface area contributed by atoms with E-state index in [0.717, 1.165) is 16.8 Å². The molecule has 0 unspecified atom stereocenters. The van der Waals surface area contributed by atoms with Crippen LogP contribution < -0.4 is 10.1 Å². The van der Waals surface area contributed by atoms with Gasteiger partial charge in [-0.15, -0.1) is 0 Å². The van der Waals surface area contributed by atoms with E-state index in [2.05, 4.69) is 15.3 Å². The largest absolute Gasteiger partial charge is 0.480 e. The van der Waals surface area contributed by atoms with Crippen molar-refractivity contribution < 1.29 is 17.9 Å². The lowest BCUT2D eigenvalue weighted by Gasteiger charge is -2.24. The summed E-state index contributed by atoms with van der Waals surface area (Å²) in [6.07, 6.45) is 1.84. The monoisotopic (exact) mass is 375 g/mol. The van der Waals surface area contributed by atoms with Crippen LogP contribution in [0.4, 0.5) is 0 Å². The lowest BCUT2D eigenvalue weighted by atomic mass is 9.99. The molecular formula is C18H21N3O4S. The molecule has 138 valence electrons. The van der Waals surface area contributed by atoms with E-state index in [1.165, 1.54) is 13.4 Å². The lowest BCUT2D eigenvalue weighted by molar-refractivity contribution is 0.0915. The van der Waals surface area contributed by atoms with Crippen LogP contribution >= 0.6 is 0 Å². The summed E-state index contributed by atoms with van der Waals surface area (Å²) in [7, 11) is -1.56. The van der Waals surface area contributed by atoms with E-state index in [1.54, 1.807) is 25.1 Å². The summed E-state index contributed by atoms with van der Waals surface area (Å²) in [5.41, 5.74) is 1.92. The number of benzene rings is 1. The van der Waals surface area contributed by atoms with Crippen LogP contribution in [0.25, 0.3) is 11.1 Å². The third-order valence-corrected chi connectivity index (χ3v) is 6.43. The first-order valence-corrected chi connectivity index (χ1v) is 10.0. The van der Waals surface area contributed by atoms with Gasteiger partial charge in [-0.25, -0.2) is 18.4 Å². The minimum Gasteiger partial charge on any atom is -0.480 e. The number of rotatable bonds is 4. The molecular weight excluding hydrogens is 354 g/mol. The third-order valence-electron chi connectivity index (χ3n) is 4.53. The van der Waals surface area contributed by atoms with Gasteiger partial charge in [-0.1, -0.05) is 12.1 Å². The van der Waals surface area contributed by atoms with Crippen molar-refractivity contribution in [2.24, 2.45) is 0 Å². The summed E-state index contributed by atoms with van der Waals surface area (Å²) >= 11 is 0. The van der Waals surface area contributed by atoms with E-state index in [4.69, 9.17) is 4.74 Å². The van der Waals surface area contributed by atoms with Gasteiger partial charge in [-0.05, 0) is 38.0 Å². The molecule has 1 aliphatic rings. The molecule has 0 radical (unpaired) electrons. The molecule has 1 atom stereocenters. The van der Waals surface area contributed by atoms with Crippen molar-refractivity contribution in [3.05, 3.63) is 41.9 Å². The number of nitrogens with zero attached hydrogens (tertiary/aromatic N) is 2. The number of sulfone groups is 1. The quantitative estimate of drug-likeness (QED) is 0.874. The van der Waals surface area contributed by atoms with Gasteiger partial charge in [-0.2, -0.15) is 0 Å². The van der Waals surface area contributed by atoms with Gasteiger partial charge in [-0.3, -0.25) is 4.79 Å². The molecule has 0 spiro atoms. The van der Waals surface area contributed by atoms with E-state index < -0.39 is 15.4 Å². The Hall–Kier alpha value is -2.48. The number of carbonyl (C=O) groups excluding carboxylic acids is 1. The van der Waals surface area contributed by atoms with Gasteiger partial charge < -0.3 is 10.1 Å². The highest BCUT2D eigenvalue weighted by atomic mass is 32.2. The predicted octanol–water partition coefficient (Wildman–Crippen LogP) is 1.77. The van der Waals surface area contributed by atoms with Crippen LogP contribution in [-0.4, -0.2) is 48.4 Å². The molecule has 1 N–H and O–H groups in total. The predicted molar refractivity (Wildman–Crippen MR) is 97.9 cm³/mol. The number of aryl methyl sites for hydroxylation is 1. The van der Waals surface area contributed by atoms with Gasteiger partial charge in [0.1, 0.15) is 6.33 Å². The molecule has 0 saturated carbocycles. The summed E-state index contributed by atoms with van der Waals surface area (Å²) in [6, 6.07) is 7.05. The molecule has 8 heteroatoms. The van der Waals surface area contributed by atoms with Gasteiger partial charge in [0, 0.05) is 5.56 Å². The summed E-state index contributed by atoms with van der Waals surface area (Å²) in [6.45, 7) is 3.61. The summed E-state index contributed by atoms with van der Waals surface area (Å²) < 4.78 is 28.8. The molecule has 1 saturated heterocycles. The summed E-state index contributed by atoms with van der Waals surface area (Å²) in [5, 5.41) is 2.87. The molecule has 0 aliphatic carbocycles. The number of methoxy groups -OCH3 is 1. The van der Waals surface area contributed by atoms with E-state index in [-0.39, 0.29) is 17.4 Å². The van der Waals surface area contributed by atoms with Crippen molar-refractivity contribution in [1.29, 1.82) is 0 Å². The fraction of sp³-hybridized carbons (Fsp3) is 0.389. The molecule has 3 rings (SSSR count). The number of ether oxygens (including phenoxy) is 1. The minimum atomic E-state index is -3.10. The summed E-state index contributed by atoms with van der Waals surface area (Å²) in [4.78, 5) is 21.0. The molecule has 1 fully saturated rings. The Morgan fingerprint density at radius 1 is 1.31 bits per heavy atom. The van der Waals surface area contributed by atoms with Crippen LogP contribution in [0.5, 0.6) is 5.88 Å². The van der Waals surface area contributed by atoms with Crippen LogP contribution in [0, 0.1) is 6.92 Å². The van der Waals surface area contributed by atoms with Gasteiger partial charge in [0.15, 0.2) is 9.84 Å². The fourth-order valence-electron chi connectivity index (χ4n) is 3.21. The highest BCUT2D eigenvalue weighted by molar-refractivity contribution is 7.91. The maximum Gasteiger partial charge on any atom is 0.251 e. The van der Waals surface area contributed by atoms with E-state index in [9.17, 15) is 13.2 Å². The van der Waals surface area contributed by atoms with Crippen molar-refractivity contribution >= 4 is 15.7 Å². The molecule has 1 aromatic heterocycles. The van der Waals surface area contributed by atoms with E-state index >= 15 is 0 Å². The van der Waals surface area contributed by atoms with E-state index in [0.29, 0.717) is 17.9 Å². The number of carbonyl (C=O) groups is 1. The van der Waals surface area contributed by atoms with Gasteiger partial charge in [0.05, 0.1) is 35.4 Å². The standard InChI is InChI=1S/C18H21N3O4S/c1-12-15(17(25-3)20-11-19-12)13-5-4-6-14(9-13)16(22)21-18(2)7-8-26(23,24)10-18/h4-6,9,11H,7-8,10H2,1-3H3,(H,21,22)/t18-/m0/s1. The second-order valence-corrected chi connectivity index (χ2v) is 8.97. The van der Waals surface area contributed by atoms with Crippen molar-refractivity contribution in [2.45, 2.75) is 25.8 Å². The summed E-state index contributed by atoms with van der Waals surface area (Å²) in [5.74, 6) is 0.191. The number of nitrogens with one attached hydrogen (secondary N) is 1. The van der Waals surface area contributed by atoms with Gasteiger partial charge in [0.25, 0.3) is 5.91 Å². The first-order chi connectivity index (χ1) is 12.2. The molecule has 7 nitrogen and oxygen atoms in total. The van der Waals surface area contributed by atoms with Crippen LogP contribution in [0.2, 0.25) is 0 Å². The molecule has 0 bridgehead atoms. The zero-order valence-corrected chi connectivity index (χ0v) is 15.8. The maximum atomic E-state index is 12.7. The van der Waals surface area contributed by atoms with Crippen LogP contribution in [-0.2, 0) is 9.84 Å². The molecule has 2 aromatic rings. The normalized spacial score (nSPS) is 21.3. The highest BCUT2D eigenvalue weighted by Gasteiger charge is 2.39. The fourth-order valence-corrected chi connectivity index (χ4v) is 5.30. The van der Waals surface area contributed by atoms with Crippen molar-refractivity contribution in [2.75, 3.05) is 18.6 Å². The molecule has 1 amide bonds. The maximum absolute atomic E-state index is 12.7. The zero-order chi connectivity index (χ0) is 18.9.